The molecule has 2 unspecified atom stereocenters. The van der Waals surface area contributed by atoms with Crippen molar-refractivity contribution in [2.45, 2.75) is 58.1 Å². The van der Waals surface area contributed by atoms with Gasteiger partial charge in [0, 0.05) is 12.6 Å². The number of hydrogen-bond donors (Lipinski definition) is 0. The first-order chi connectivity index (χ1) is 13.2. The minimum Gasteiger partial charge on any atom is -0.496 e. The average Bonchev–Trinajstić information content (AvgIpc) is 2.65. The second-order valence-corrected chi connectivity index (χ2v) is 7.82. The summed E-state index contributed by atoms with van der Waals surface area (Å²) in [6.07, 6.45) is 4.24. The maximum atomic E-state index is 12.7. The highest BCUT2D eigenvalue weighted by molar-refractivity contribution is 5.82. The zero-order chi connectivity index (χ0) is 20.7. The van der Waals surface area contributed by atoms with Gasteiger partial charge in [-0.05, 0) is 58.1 Å². The lowest BCUT2D eigenvalue weighted by atomic mass is 9.84. The number of ether oxygens (including phenoxy) is 3. The third kappa shape index (κ3) is 6.01. The summed E-state index contributed by atoms with van der Waals surface area (Å²) >= 11 is 0. The van der Waals surface area contributed by atoms with E-state index in [1.54, 1.807) is 25.0 Å². The predicted molar refractivity (Wildman–Crippen MR) is 107 cm³/mol. The van der Waals surface area contributed by atoms with Crippen molar-refractivity contribution in [1.29, 1.82) is 0 Å². The number of hydrogen-bond acceptors (Lipinski definition) is 5. The van der Waals surface area contributed by atoms with E-state index in [4.69, 9.17) is 14.2 Å². The van der Waals surface area contributed by atoms with Crippen LogP contribution in [0.1, 0.15) is 52.0 Å². The van der Waals surface area contributed by atoms with Crippen LogP contribution in [0.3, 0.4) is 0 Å². The normalized spacial score (nSPS) is 20.1. The number of nitrogens with zero attached hydrogens (tertiary/aromatic N) is 1. The minimum absolute atomic E-state index is 0.215. The molecule has 1 aliphatic heterocycles. The fourth-order valence-corrected chi connectivity index (χ4v) is 3.39. The Bertz CT molecular complexity index is 707. The van der Waals surface area contributed by atoms with Crippen molar-refractivity contribution >= 4 is 12.1 Å². The van der Waals surface area contributed by atoms with Gasteiger partial charge in [-0.15, -0.1) is 0 Å². The topological polar surface area (TPSA) is 65.1 Å². The molecule has 0 spiro atoms. The number of amides is 1. The Morgan fingerprint density at radius 1 is 1.25 bits per heavy atom. The van der Waals surface area contributed by atoms with Crippen molar-refractivity contribution in [3.8, 4) is 5.75 Å². The van der Waals surface area contributed by atoms with Gasteiger partial charge in [0.1, 0.15) is 11.4 Å². The Morgan fingerprint density at radius 3 is 2.61 bits per heavy atom. The van der Waals surface area contributed by atoms with Crippen LogP contribution in [0.15, 0.2) is 36.4 Å². The van der Waals surface area contributed by atoms with Crippen LogP contribution in [0.2, 0.25) is 0 Å². The minimum atomic E-state index is -0.577. The summed E-state index contributed by atoms with van der Waals surface area (Å²) in [5.41, 5.74) is 0.537. The lowest BCUT2D eigenvalue weighted by Crippen LogP contribution is -2.47. The quantitative estimate of drug-likeness (QED) is 0.555. The van der Waals surface area contributed by atoms with Gasteiger partial charge in [0.15, 0.2) is 0 Å². The Labute approximate surface area is 167 Å². The van der Waals surface area contributed by atoms with Crippen LogP contribution < -0.4 is 4.74 Å². The number of esters is 1. The van der Waals surface area contributed by atoms with Crippen molar-refractivity contribution in [2.75, 3.05) is 20.3 Å². The molecule has 0 aromatic heterocycles. The monoisotopic (exact) mass is 389 g/mol. The second kappa shape index (κ2) is 9.62. The van der Waals surface area contributed by atoms with Crippen molar-refractivity contribution < 1.29 is 23.8 Å². The first-order valence-corrected chi connectivity index (χ1v) is 9.72. The number of methoxy groups -OCH3 is 1. The highest BCUT2D eigenvalue weighted by Gasteiger charge is 2.34. The average molecular weight is 389 g/mol. The van der Waals surface area contributed by atoms with E-state index >= 15 is 0 Å². The van der Waals surface area contributed by atoms with Crippen LogP contribution >= 0.6 is 0 Å². The predicted octanol–water partition coefficient (Wildman–Crippen LogP) is 4.30. The van der Waals surface area contributed by atoms with Crippen molar-refractivity contribution in [1.82, 2.24) is 4.90 Å². The summed E-state index contributed by atoms with van der Waals surface area (Å²) in [5.74, 6) is 0.643. The highest BCUT2D eigenvalue weighted by atomic mass is 16.6. The molecule has 1 aromatic carbocycles. The van der Waals surface area contributed by atoms with Crippen LogP contribution in [0, 0.1) is 0 Å². The fraction of sp³-hybridized carbons (Fsp3) is 0.545. The molecule has 1 aliphatic rings. The van der Waals surface area contributed by atoms with Gasteiger partial charge in [0.2, 0.25) is 0 Å². The van der Waals surface area contributed by atoms with Gasteiger partial charge in [0.05, 0.1) is 19.8 Å². The van der Waals surface area contributed by atoms with E-state index in [1.165, 1.54) is 6.08 Å². The molecule has 28 heavy (non-hydrogen) atoms. The van der Waals surface area contributed by atoms with E-state index in [2.05, 4.69) is 6.07 Å². The number of piperidine rings is 1. The highest BCUT2D eigenvalue weighted by Crippen LogP contribution is 2.37. The second-order valence-electron chi connectivity index (χ2n) is 7.82. The standard InChI is InChI=1S/C22H31NO5/c1-6-27-20(24)12-11-17-15-16(18-9-7-8-10-19(18)26-5)13-14-23(17)21(25)28-22(2,3)4/h7-12,16-17H,6,13-15H2,1-5H3/b12-11+. The molecule has 2 rings (SSSR count). The number of likely N-dealkylation sites (tertiary alicyclic amines) is 1. The number of rotatable bonds is 5. The van der Waals surface area contributed by atoms with Crippen molar-refractivity contribution in [3.63, 3.8) is 0 Å². The summed E-state index contributed by atoms with van der Waals surface area (Å²) in [5, 5.41) is 0. The lowest BCUT2D eigenvalue weighted by Gasteiger charge is -2.39. The number of carbonyl (C=O) groups excluding carboxylic acids is 2. The van der Waals surface area contributed by atoms with Crippen LogP contribution in [0.25, 0.3) is 0 Å². The maximum absolute atomic E-state index is 12.7. The summed E-state index contributed by atoms with van der Waals surface area (Å²) in [7, 11) is 1.66. The van der Waals surface area contributed by atoms with E-state index < -0.39 is 11.6 Å². The van der Waals surface area contributed by atoms with Gasteiger partial charge in [-0.25, -0.2) is 9.59 Å². The zero-order valence-electron chi connectivity index (χ0n) is 17.4. The molecule has 0 saturated carbocycles. The van der Waals surface area contributed by atoms with Crippen molar-refractivity contribution in [3.05, 3.63) is 42.0 Å². The smallest absolute Gasteiger partial charge is 0.410 e. The molecule has 0 N–H and O–H groups in total. The third-order valence-corrected chi connectivity index (χ3v) is 4.59. The van der Waals surface area contributed by atoms with Crippen molar-refractivity contribution in [2.24, 2.45) is 0 Å². The molecule has 1 fully saturated rings. The zero-order valence-corrected chi connectivity index (χ0v) is 17.4. The molecular weight excluding hydrogens is 358 g/mol. The number of para-hydroxylation sites is 1. The summed E-state index contributed by atoms with van der Waals surface area (Å²) in [6.45, 7) is 8.14. The van der Waals surface area contributed by atoms with Gasteiger partial charge >= 0.3 is 12.1 Å². The third-order valence-electron chi connectivity index (χ3n) is 4.59. The molecule has 0 aliphatic carbocycles. The van der Waals surface area contributed by atoms with Crippen LogP contribution in [-0.4, -0.2) is 48.9 Å². The summed E-state index contributed by atoms with van der Waals surface area (Å²) in [4.78, 5) is 26.2. The largest absolute Gasteiger partial charge is 0.496 e. The Hall–Kier alpha value is -2.50. The van der Waals surface area contributed by atoms with E-state index in [-0.39, 0.29) is 18.1 Å². The molecule has 6 heteroatoms. The molecular formula is C22H31NO5. The molecule has 1 amide bonds. The number of carbonyl (C=O) groups is 2. The van der Waals surface area contributed by atoms with Crippen LogP contribution in [-0.2, 0) is 14.3 Å². The molecule has 0 bridgehead atoms. The molecule has 2 atom stereocenters. The molecule has 1 heterocycles. The fourth-order valence-electron chi connectivity index (χ4n) is 3.39. The summed E-state index contributed by atoms with van der Waals surface area (Å²) < 4.78 is 16.0. The molecule has 6 nitrogen and oxygen atoms in total. The van der Waals surface area contributed by atoms with Gasteiger partial charge < -0.3 is 19.1 Å². The van der Waals surface area contributed by atoms with Gasteiger partial charge in [0.25, 0.3) is 0 Å². The molecule has 1 aromatic rings. The van der Waals surface area contributed by atoms with Gasteiger partial charge in [-0.1, -0.05) is 24.3 Å². The molecule has 154 valence electrons. The van der Waals surface area contributed by atoms with Gasteiger partial charge in [-0.2, -0.15) is 0 Å². The Balaban J connectivity index is 2.23. The Morgan fingerprint density at radius 2 is 1.96 bits per heavy atom. The first-order valence-electron chi connectivity index (χ1n) is 9.72. The lowest BCUT2D eigenvalue weighted by molar-refractivity contribution is -0.137. The summed E-state index contributed by atoms with van der Waals surface area (Å²) in [6, 6.07) is 7.67. The van der Waals surface area contributed by atoms with Gasteiger partial charge in [-0.3, -0.25) is 0 Å². The molecule has 0 radical (unpaired) electrons. The van der Waals surface area contributed by atoms with E-state index in [9.17, 15) is 9.59 Å². The maximum Gasteiger partial charge on any atom is 0.410 e. The van der Waals surface area contributed by atoms with E-state index in [0.717, 1.165) is 17.7 Å². The van der Waals surface area contributed by atoms with E-state index in [1.807, 2.05) is 39.0 Å². The van der Waals surface area contributed by atoms with Crippen LogP contribution in [0.5, 0.6) is 5.75 Å². The van der Waals surface area contributed by atoms with E-state index in [0.29, 0.717) is 19.6 Å². The van der Waals surface area contributed by atoms with Crippen LogP contribution in [0.4, 0.5) is 4.79 Å². The first kappa shape index (κ1) is 21.8. The molecule has 1 saturated heterocycles. The number of benzene rings is 1. The SMILES string of the molecule is CCOC(=O)/C=C/C1CC(c2ccccc2OC)CCN1C(=O)OC(C)(C)C. The Kier molecular flexibility index (Phi) is 7.49.